The van der Waals surface area contributed by atoms with Gasteiger partial charge < -0.3 is 9.64 Å². The Hall–Kier alpha value is -3.04. The highest BCUT2D eigenvalue weighted by Gasteiger charge is 2.51. The number of benzene rings is 4. The Kier molecular flexibility index (Phi) is 4.41. The molecule has 0 bridgehead atoms. The van der Waals surface area contributed by atoms with Crippen LogP contribution in [0.5, 0.6) is 5.75 Å². The van der Waals surface area contributed by atoms with Gasteiger partial charge in [0.1, 0.15) is 5.75 Å². The SMILES string of the molecule is Brc1ccc2c(c1)C1C(CO2)C(c2ccccc2)c2cccc3c2N1[C@H](c1ccccc1)C3. The van der Waals surface area contributed by atoms with E-state index >= 15 is 0 Å². The Balaban J connectivity index is 1.50. The molecule has 0 radical (unpaired) electrons. The number of fused-ring (bicyclic) bond motifs is 4. The van der Waals surface area contributed by atoms with E-state index < -0.39 is 0 Å². The topological polar surface area (TPSA) is 12.5 Å². The smallest absolute Gasteiger partial charge is 0.124 e. The molecular weight excluding hydrogens is 470 g/mol. The zero-order valence-corrected chi connectivity index (χ0v) is 19.8. The fourth-order valence-electron chi connectivity index (χ4n) is 6.43. The number of halogens is 1. The molecule has 3 unspecified atom stereocenters. The van der Waals surface area contributed by atoms with Crippen LogP contribution in [0, 0.1) is 5.92 Å². The van der Waals surface area contributed by atoms with Gasteiger partial charge in [-0.05, 0) is 46.9 Å². The van der Waals surface area contributed by atoms with Gasteiger partial charge in [-0.15, -0.1) is 0 Å². The minimum atomic E-state index is 0.262. The van der Waals surface area contributed by atoms with Crippen LogP contribution in [0.3, 0.4) is 0 Å². The van der Waals surface area contributed by atoms with Crippen LogP contribution in [-0.4, -0.2) is 6.61 Å². The predicted molar refractivity (Wildman–Crippen MR) is 136 cm³/mol. The highest BCUT2D eigenvalue weighted by Crippen LogP contribution is 2.60. The number of rotatable bonds is 2. The van der Waals surface area contributed by atoms with E-state index in [4.69, 9.17) is 4.74 Å². The van der Waals surface area contributed by atoms with Crippen LogP contribution in [-0.2, 0) is 6.42 Å². The van der Waals surface area contributed by atoms with Gasteiger partial charge in [0, 0.05) is 27.6 Å². The van der Waals surface area contributed by atoms with Crippen LogP contribution >= 0.6 is 15.9 Å². The Labute approximate surface area is 203 Å². The molecule has 0 spiro atoms. The third-order valence-corrected chi connectivity index (χ3v) is 8.18. The molecule has 0 saturated carbocycles. The molecule has 0 amide bonds. The molecule has 3 heteroatoms. The normalized spacial score (nSPS) is 24.5. The maximum Gasteiger partial charge on any atom is 0.124 e. The van der Waals surface area contributed by atoms with Crippen molar-refractivity contribution >= 4 is 21.6 Å². The molecule has 33 heavy (non-hydrogen) atoms. The largest absolute Gasteiger partial charge is 0.493 e. The standard InChI is InChI=1S/C30H24BrNO/c31-22-14-15-27-24(17-22)30-25(18-33-27)28(20-10-5-2-6-11-20)23-13-7-12-21-16-26(32(30)29(21)23)19-8-3-1-4-9-19/h1-15,17,25-26,28,30H,16,18H2/t25?,26-,28?,30?/m0/s1. The lowest BCUT2D eigenvalue weighted by molar-refractivity contribution is 0.166. The quantitative estimate of drug-likeness (QED) is 0.287. The Morgan fingerprint density at radius 3 is 2.30 bits per heavy atom. The highest BCUT2D eigenvalue weighted by molar-refractivity contribution is 9.10. The second-order valence-corrected chi connectivity index (χ2v) is 10.3. The molecule has 0 saturated heterocycles. The van der Waals surface area contributed by atoms with E-state index in [0.717, 1.165) is 23.2 Å². The second-order valence-electron chi connectivity index (χ2n) is 9.38. The van der Waals surface area contributed by atoms with Gasteiger partial charge in [-0.25, -0.2) is 0 Å². The predicted octanol–water partition coefficient (Wildman–Crippen LogP) is 7.45. The van der Waals surface area contributed by atoms with Crippen LogP contribution in [0.25, 0.3) is 0 Å². The fraction of sp³-hybridized carbons (Fsp3) is 0.200. The summed E-state index contributed by atoms with van der Waals surface area (Å²) in [5, 5.41) is 0. The average molecular weight is 494 g/mol. The van der Waals surface area contributed by atoms with E-state index in [0.29, 0.717) is 17.9 Å². The van der Waals surface area contributed by atoms with Gasteiger partial charge in [0.05, 0.1) is 18.7 Å². The summed E-state index contributed by atoms with van der Waals surface area (Å²) >= 11 is 3.74. The van der Waals surface area contributed by atoms with Crippen LogP contribution in [0.2, 0.25) is 0 Å². The Bertz CT molecular complexity index is 1340. The first-order chi connectivity index (χ1) is 16.3. The number of anilines is 1. The Morgan fingerprint density at radius 2 is 1.52 bits per heavy atom. The van der Waals surface area contributed by atoms with Crippen molar-refractivity contribution in [2.75, 3.05) is 11.5 Å². The Morgan fingerprint density at radius 1 is 0.758 bits per heavy atom. The number of hydrogen-bond donors (Lipinski definition) is 0. The second kappa shape index (κ2) is 7.50. The molecule has 2 nitrogen and oxygen atoms in total. The van der Waals surface area contributed by atoms with Crippen molar-refractivity contribution in [1.82, 2.24) is 0 Å². The van der Waals surface area contributed by atoms with Gasteiger partial charge in [-0.2, -0.15) is 0 Å². The fourth-order valence-corrected chi connectivity index (χ4v) is 6.81. The van der Waals surface area contributed by atoms with Crippen molar-refractivity contribution in [2.24, 2.45) is 5.92 Å². The number of nitrogens with zero attached hydrogens (tertiary/aromatic N) is 1. The van der Waals surface area contributed by atoms with E-state index in [1.807, 2.05) is 0 Å². The van der Waals surface area contributed by atoms with Crippen LogP contribution < -0.4 is 9.64 Å². The van der Waals surface area contributed by atoms with Crippen molar-refractivity contribution in [2.45, 2.75) is 24.4 Å². The zero-order chi connectivity index (χ0) is 21.9. The molecule has 4 aromatic carbocycles. The lowest BCUT2D eigenvalue weighted by Crippen LogP contribution is -2.45. The maximum atomic E-state index is 6.42. The van der Waals surface area contributed by atoms with E-state index in [1.54, 1.807) is 0 Å². The molecule has 3 heterocycles. The molecule has 0 aliphatic carbocycles. The lowest BCUT2D eigenvalue weighted by Gasteiger charge is -2.50. The molecule has 7 rings (SSSR count). The summed E-state index contributed by atoms with van der Waals surface area (Å²) in [6, 6.07) is 36.1. The van der Waals surface area contributed by atoms with Gasteiger partial charge in [0.15, 0.2) is 0 Å². The molecule has 162 valence electrons. The number of para-hydroxylation sites is 1. The molecule has 4 aromatic rings. The van der Waals surface area contributed by atoms with Gasteiger partial charge in [-0.1, -0.05) is 94.8 Å². The third kappa shape index (κ3) is 2.92. The minimum Gasteiger partial charge on any atom is -0.493 e. The minimum absolute atomic E-state index is 0.262. The van der Waals surface area contributed by atoms with Crippen LogP contribution in [0.4, 0.5) is 5.69 Å². The molecule has 0 N–H and O–H groups in total. The van der Waals surface area contributed by atoms with Crippen LogP contribution in [0.15, 0.2) is 102 Å². The molecule has 0 fully saturated rings. The van der Waals surface area contributed by atoms with E-state index in [-0.39, 0.29) is 6.04 Å². The monoisotopic (exact) mass is 493 g/mol. The summed E-state index contributed by atoms with van der Waals surface area (Å²) in [5.41, 5.74) is 8.41. The highest BCUT2D eigenvalue weighted by atomic mass is 79.9. The third-order valence-electron chi connectivity index (χ3n) is 7.69. The van der Waals surface area contributed by atoms with Gasteiger partial charge >= 0.3 is 0 Å². The van der Waals surface area contributed by atoms with Crippen molar-refractivity contribution in [3.63, 3.8) is 0 Å². The molecular formula is C30H24BrNO. The van der Waals surface area contributed by atoms with Crippen molar-refractivity contribution in [3.05, 3.63) is 129 Å². The molecule has 0 aromatic heterocycles. The van der Waals surface area contributed by atoms with Crippen molar-refractivity contribution in [3.8, 4) is 5.75 Å². The van der Waals surface area contributed by atoms with Crippen molar-refractivity contribution < 1.29 is 4.74 Å². The van der Waals surface area contributed by atoms with Crippen molar-refractivity contribution in [1.29, 1.82) is 0 Å². The summed E-state index contributed by atoms with van der Waals surface area (Å²) in [6.45, 7) is 0.723. The molecule has 3 aliphatic rings. The first-order valence-corrected chi connectivity index (χ1v) is 12.5. The van der Waals surface area contributed by atoms with Gasteiger partial charge in [-0.3, -0.25) is 0 Å². The van der Waals surface area contributed by atoms with Gasteiger partial charge in [0.2, 0.25) is 0 Å². The van der Waals surface area contributed by atoms with E-state index in [9.17, 15) is 0 Å². The summed E-state index contributed by atoms with van der Waals surface area (Å²) < 4.78 is 7.53. The first kappa shape index (κ1) is 19.4. The molecule has 4 atom stereocenters. The number of ether oxygens (including phenoxy) is 1. The zero-order valence-electron chi connectivity index (χ0n) is 18.2. The molecule has 3 aliphatic heterocycles. The lowest BCUT2D eigenvalue weighted by atomic mass is 9.70. The summed E-state index contributed by atoms with van der Waals surface area (Å²) in [5.74, 6) is 1.66. The maximum absolute atomic E-state index is 6.42. The average Bonchev–Trinajstić information content (AvgIpc) is 3.26. The summed E-state index contributed by atoms with van der Waals surface area (Å²) in [7, 11) is 0. The van der Waals surface area contributed by atoms with E-state index in [2.05, 4.69) is 118 Å². The summed E-state index contributed by atoms with van der Waals surface area (Å²) in [4.78, 5) is 2.73. The van der Waals surface area contributed by atoms with E-state index in [1.165, 1.54) is 33.5 Å². The number of hydrogen-bond acceptors (Lipinski definition) is 2. The first-order valence-electron chi connectivity index (χ1n) is 11.7. The van der Waals surface area contributed by atoms with Crippen LogP contribution in [0.1, 0.15) is 45.8 Å². The van der Waals surface area contributed by atoms with Gasteiger partial charge in [0.25, 0.3) is 0 Å². The summed E-state index contributed by atoms with van der Waals surface area (Å²) in [6.07, 6.45) is 1.04.